The first-order valence-corrected chi connectivity index (χ1v) is 10.7. The molecule has 0 fully saturated rings. The number of unbranched alkanes of at least 4 members (excludes halogenated alkanes) is 6. The Hall–Kier alpha value is -0.214. The van der Waals surface area contributed by atoms with E-state index in [1.165, 1.54) is 74.8 Å². The smallest absolute Gasteiger partial charge is 0.744 e. The molecule has 6 heteroatoms. The molecule has 0 amide bonds. The molecular formula is C21H27KO4S. The fourth-order valence-electron chi connectivity index (χ4n) is 2.86. The van der Waals surface area contributed by atoms with E-state index in [4.69, 9.17) is 4.74 Å². The van der Waals surface area contributed by atoms with Gasteiger partial charge in [0.25, 0.3) is 0 Å². The van der Waals surface area contributed by atoms with Crippen molar-refractivity contribution in [2.24, 2.45) is 0 Å². The molecule has 0 aromatic heterocycles. The molecule has 0 N–H and O–H groups in total. The van der Waals surface area contributed by atoms with Gasteiger partial charge in [-0.1, -0.05) is 57.6 Å². The molecule has 0 atom stereocenters. The van der Waals surface area contributed by atoms with Gasteiger partial charge in [0.2, 0.25) is 0 Å². The fourth-order valence-corrected chi connectivity index (χ4v) is 3.33. The van der Waals surface area contributed by atoms with Gasteiger partial charge >= 0.3 is 51.4 Å². The van der Waals surface area contributed by atoms with Crippen LogP contribution in [-0.4, -0.2) is 13.0 Å². The van der Waals surface area contributed by atoms with Crippen molar-refractivity contribution >= 4 is 10.1 Å². The molecule has 0 unspecified atom stereocenters. The summed E-state index contributed by atoms with van der Waals surface area (Å²) in [4.78, 5) is -0.252. The number of aryl methyl sites for hydroxylation is 1. The van der Waals surface area contributed by atoms with Crippen LogP contribution in [0.15, 0.2) is 53.4 Å². The van der Waals surface area contributed by atoms with E-state index in [-0.39, 0.29) is 56.3 Å². The zero-order valence-electron chi connectivity index (χ0n) is 16.3. The predicted octanol–water partition coefficient (Wildman–Crippen LogP) is 2.68. The summed E-state index contributed by atoms with van der Waals surface area (Å²) in [6, 6.07) is 13.4. The van der Waals surface area contributed by atoms with Gasteiger partial charge in [-0.25, -0.2) is 8.42 Å². The summed E-state index contributed by atoms with van der Waals surface area (Å²) in [5.41, 5.74) is 1.23. The van der Waals surface area contributed by atoms with E-state index in [1.807, 2.05) is 18.2 Å². The molecular weight excluding hydrogens is 387 g/mol. The summed E-state index contributed by atoms with van der Waals surface area (Å²) in [6.45, 7) is 2.23. The number of benzene rings is 2. The average Bonchev–Trinajstić information content (AvgIpc) is 2.61. The zero-order valence-corrected chi connectivity index (χ0v) is 20.3. The first kappa shape index (κ1) is 24.8. The fraction of sp³-hybridized carbons (Fsp3) is 0.429. The van der Waals surface area contributed by atoms with Gasteiger partial charge in [0.05, 0.1) is 4.90 Å². The molecule has 0 heterocycles. The Labute approximate surface area is 205 Å². The number of hydrogen-bond acceptors (Lipinski definition) is 4. The minimum absolute atomic E-state index is 0. The number of ether oxygens (including phenoxy) is 1. The monoisotopic (exact) mass is 414 g/mol. The molecule has 0 bridgehead atoms. The average molecular weight is 415 g/mol. The van der Waals surface area contributed by atoms with Gasteiger partial charge in [-0.2, -0.15) is 0 Å². The minimum Gasteiger partial charge on any atom is -0.744 e. The normalized spacial score (nSPS) is 11.0. The van der Waals surface area contributed by atoms with Crippen molar-refractivity contribution in [3.63, 3.8) is 0 Å². The Bertz CT molecular complexity index is 773. The van der Waals surface area contributed by atoms with Crippen LogP contribution in [0.25, 0.3) is 0 Å². The Morgan fingerprint density at radius 1 is 0.852 bits per heavy atom. The largest absolute Gasteiger partial charge is 1.00 e. The first-order valence-electron chi connectivity index (χ1n) is 9.32. The van der Waals surface area contributed by atoms with Gasteiger partial charge in [0.1, 0.15) is 21.6 Å². The molecule has 142 valence electrons. The third-order valence-electron chi connectivity index (χ3n) is 4.32. The zero-order chi connectivity index (χ0) is 18.8. The molecule has 0 radical (unpaired) electrons. The van der Waals surface area contributed by atoms with Crippen molar-refractivity contribution in [3.8, 4) is 11.5 Å². The second-order valence-electron chi connectivity index (χ2n) is 6.55. The quantitative estimate of drug-likeness (QED) is 0.322. The summed E-state index contributed by atoms with van der Waals surface area (Å²) < 4.78 is 38.6. The second-order valence-corrected chi connectivity index (χ2v) is 7.93. The van der Waals surface area contributed by atoms with Crippen molar-refractivity contribution < 1.29 is 69.1 Å². The molecule has 0 aliphatic rings. The number of rotatable bonds is 11. The summed E-state index contributed by atoms with van der Waals surface area (Å²) in [7, 11) is -4.43. The molecule has 0 saturated carbocycles. The molecule has 27 heavy (non-hydrogen) atoms. The Morgan fingerprint density at radius 3 is 2.11 bits per heavy atom. The Kier molecular flexibility index (Phi) is 12.0. The van der Waals surface area contributed by atoms with Crippen LogP contribution in [0.2, 0.25) is 0 Å². The maximum absolute atomic E-state index is 10.9. The van der Waals surface area contributed by atoms with E-state index in [2.05, 4.69) is 13.0 Å². The van der Waals surface area contributed by atoms with Gasteiger partial charge in [0, 0.05) is 0 Å². The van der Waals surface area contributed by atoms with Crippen LogP contribution in [0, 0.1) is 0 Å². The maximum Gasteiger partial charge on any atom is 1.00 e. The van der Waals surface area contributed by atoms with E-state index in [9.17, 15) is 13.0 Å². The SMILES string of the molecule is CCCCCCCCCc1cccc(Oc2ccc(S(=O)(=O)[O-])cc2)c1.[K+]. The van der Waals surface area contributed by atoms with Crippen molar-refractivity contribution in [2.75, 3.05) is 0 Å². The van der Waals surface area contributed by atoms with Gasteiger partial charge in [0.15, 0.2) is 0 Å². The Balaban J connectivity index is 0.00000364. The topological polar surface area (TPSA) is 66.4 Å². The van der Waals surface area contributed by atoms with Gasteiger partial charge in [-0.3, -0.25) is 0 Å². The third kappa shape index (κ3) is 9.70. The Morgan fingerprint density at radius 2 is 1.48 bits per heavy atom. The van der Waals surface area contributed by atoms with Crippen LogP contribution in [0.3, 0.4) is 0 Å². The van der Waals surface area contributed by atoms with Gasteiger partial charge < -0.3 is 9.29 Å². The van der Waals surface area contributed by atoms with Crippen LogP contribution in [0.1, 0.15) is 57.4 Å². The van der Waals surface area contributed by atoms with Crippen molar-refractivity contribution in [1.29, 1.82) is 0 Å². The molecule has 0 saturated heterocycles. The van der Waals surface area contributed by atoms with Crippen molar-refractivity contribution in [2.45, 2.75) is 63.2 Å². The van der Waals surface area contributed by atoms with Crippen LogP contribution in [0.4, 0.5) is 0 Å². The molecule has 2 rings (SSSR count). The van der Waals surface area contributed by atoms with Crippen LogP contribution in [0.5, 0.6) is 11.5 Å². The number of hydrogen-bond donors (Lipinski definition) is 0. The van der Waals surface area contributed by atoms with Crippen LogP contribution >= 0.6 is 0 Å². The predicted molar refractivity (Wildman–Crippen MR) is 103 cm³/mol. The summed E-state index contributed by atoms with van der Waals surface area (Å²) in [6.07, 6.45) is 10.0. The molecule has 2 aromatic carbocycles. The van der Waals surface area contributed by atoms with E-state index in [0.717, 1.165) is 6.42 Å². The third-order valence-corrected chi connectivity index (χ3v) is 5.17. The molecule has 4 nitrogen and oxygen atoms in total. The maximum atomic E-state index is 10.9. The van der Waals surface area contributed by atoms with E-state index < -0.39 is 10.1 Å². The summed E-state index contributed by atoms with van der Waals surface area (Å²) in [5, 5.41) is 0. The van der Waals surface area contributed by atoms with Crippen molar-refractivity contribution in [1.82, 2.24) is 0 Å². The summed E-state index contributed by atoms with van der Waals surface area (Å²) in [5.74, 6) is 1.22. The molecule has 2 aromatic rings. The van der Waals surface area contributed by atoms with E-state index in [0.29, 0.717) is 11.5 Å². The van der Waals surface area contributed by atoms with Gasteiger partial charge in [-0.15, -0.1) is 0 Å². The minimum atomic E-state index is -4.43. The first-order chi connectivity index (χ1) is 12.5. The van der Waals surface area contributed by atoms with Crippen LogP contribution < -0.4 is 56.1 Å². The van der Waals surface area contributed by atoms with Gasteiger partial charge in [-0.05, 0) is 54.8 Å². The molecule has 0 spiro atoms. The van der Waals surface area contributed by atoms with E-state index in [1.54, 1.807) is 0 Å². The standard InChI is InChI=1S/C21H28O4S.K/c1-2-3-4-5-6-7-8-10-18-11-9-12-20(17-18)25-19-13-15-21(16-14-19)26(22,23)24;/h9,11-17H,2-8,10H2,1H3,(H,22,23,24);/q;+1/p-1. The second kappa shape index (κ2) is 13.1. The van der Waals surface area contributed by atoms with E-state index >= 15 is 0 Å². The molecule has 0 aliphatic carbocycles. The summed E-state index contributed by atoms with van der Waals surface area (Å²) >= 11 is 0. The molecule has 0 aliphatic heterocycles. The van der Waals surface area contributed by atoms with Crippen LogP contribution in [-0.2, 0) is 16.5 Å². The van der Waals surface area contributed by atoms with Crippen molar-refractivity contribution in [3.05, 3.63) is 54.1 Å².